The second-order valence-electron chi connectivity index (χ2n) is 4.36. The third-order valence-corrected chi connectivity index (χ3v) is 3.78. The number of nitrogens with zero attached hydrogens (tertiary/aromatic N) is 1. The molecule has 3 heteroatoms. The number of benzene rings is 1. The first-order chi connectivity index (χ1) is 7.78. The Morgan fingerprint density at radius 3 is 2.44 bits per heavy atom. The third-order valence-electron chi connectivity index (χ3n) is 3.25. The molecule has 1 N–H and O–H groups in total. The van der Waals surface area contributed by atoms with E-state index in [0.29, 0.717) is 6.04 Å². The van der Waals surface area contributed by atoms with Gasteiger partial charge >= 0.3 is 0 Å². The molecule has 0 aromatic heterocycles. The highest BCUT2D eigenvalue weighted by Gasteiger charge is 2.17. The van der Waals surface area contributed by atoms with Crippen LogP contribution in [-0.2, 0) is 0 Å². The van der Waals surface area contributed by atoms with Gasteiger partial charge in [0.2, 0.25) is 0 Å². The minimum atomic E-state index is 0.643. The van der Waals surface area contributed by atoms with Crippen molar-refractivity contribution in [1.29, 1.82) is 0 Å². The van der Waals surface area contributed by atoms with Crippen molar-refractivity contribution in [2.24, 2.45) is 0 Å². The summed E-state index contributed by atoms with van der Waals surface area (Å²) >= 11 is 3.45. The number of piperidine rings is 1. The quantitative estimate of drug-likeness (QED) is 0.915. The van der Waals surface area contributed by atoms with Crippen molar-refractivity contribution >= 4 is 21.6 Å². The molecule has 2 nitrogen and oxygen atoms in total. The van der Waals surface area contributed by atoms with Crippen LogP contribution in [0.5, 0.6) is 0 Å². The van der Waals surface area contributed by atoms with Crippen molar-refractivity contribution in [2.75, 3.05) is 25.0 Å². The van der Waals surface area contributed by atoms with Gasteiger partial charge in [-0.25, -0.2) is 0 Å². The van der Waals surface area contributed by atoms with Gasteiger partial charge in [0.05, 0.1) is 0 Å². The number of likely N-dealkylation sites (tertiary alicyclic amines) is 1. The smallest absolute Gasteiger partial charge is 0.0343 e. The maximum absolute atomic E-state index is 3.61. The van der Waals surface area contributed by atoms with Gasteiger partial charge in [-0.15, -0.1) is 0 Å². The molecule has 0 radical (unpaired) electrons. The Balaban J connectivity index is 1.84. The fraction of sp³-hybridized carbons (Fsp3) is 0.538. The van der Waals surface area contributed by atoms with Crippen molar-refractivity contribution < 1.29 is 0 Å². The summed E-state index contributed by atoms with van der Waals surface area (Å²) in [6, 6.07) is 9.09. The first-order valence-corrected chi connectivity index (χ1v) is 6.81. The fourth-order valence-corrected chi connectivity index (χ4v) is 2.44. The van der Waals surface area contributed by atoms with Crippen LogP contribution in [0.4, 0.5) is 5.69 Å². The highest BCUT2D eigenvalue weighted by molar-refractivity contribution is 9.10. The summed E-state index contributed by atoms with van der Waals surface area (Å²) in [4.78, 5) is 2.51. The molecule has 1 heterocycles. The van der Waals surface area contributed by atoms with E-state index in [0.717, 1.165) is 4.47 Å². The molecule has 0 spiro atoms. The zero-order valence-electron chi connectivity index (χ0n) is 9.75. The Morgan fingerprint density at radius 2 is 1.88 bits per heavy atom. The molecule has 88 valence electrons. The maximum atomic E-state index is 3.61. The predicted molar refractivity (Wildman–Crippen MR) is 72.9 cm³/mol. The first kappa shape index (κ1) is 11.9. The molecule has 0 amide bonds. The first-order valence-electron chi connectivity index (χ1n) is 6.02. The lowest BCUT2D eigenvalue weighted by Crippen LogP contribution is -2.38. The second kappa shape index (κ2) is 5.69. The Kier molecular flexibility index (Phi) is 4.24. The number of hydrogen-bond donors (Lipinski definition) is 1. The summed E-state index contributed by atoms with van der Waals surface area (Å²) in [6.45, 7) is 5.88. The van der Waals surface area contributed by atoms with Crippen LogP contribution in [-0.4, -0.2) is 30.6 Å². The van der Waals surface area contributed by atoms with E-state index in [1.165, 1.54) is 38.2 Å². The number of nitrogens with one attached hydrogen (secondary N) is 1. The minimum absolute atomic E-state index is 0.643. The minimum Gasteiger partial charge on any atom is -0.382 e. The van der Waals surface area contributed by atoms with Crippen molar-refractivity contribution in [2.45, 2.75) is 25.8 Å². The summed E-state index contributed by atoms with van der Waals surface area (Å²) in [5.74, 6) is 0. The molecule has 1 aliphatic rings. The summed E-state index contributed by atoms with van der Waals surface area (Å²) in [6.07, 6.45) is 2.51. The standard InChI is InChI=1S/C13H19BrN2/c1-2-16-9-7-13(8-10-16)15-12-5-3-11(14)4-6-12/h3-6,13,15H,2,7-10H2,1H3. The van der Waals surface area contributed by atoms with Crippen molar-refractivity contribution in [3.63, 3.8) is 0 Å². The monoisotopic (exact) mass is 282 g/mol. The molecule has 0 bridgehead atoms. The van der Waals surface area contributed by atoms with Gasteiger partial charge < -0.3 is 10.2 Å². The molecule has 1 aromatic rings. The van der Waals surface area contributed by atoms with Crippen LogP contribution in [0.25, 0.3) is 0 Å². The lowest BCUT2D eigenvalue weighted by Gasteiger charge is -2.32. The SMILES string of the molecule is CCN1CCC(Nc2ccc(Br)cc2)CC1. The molecular weight excluding hydrogens is 264 g/mol. The number of anilines is 1. The third kappa shape index (κ3) is 3.22. The molecular formula is C13H19BrN2. The van der Waals surface area contributed by atoms with Crippen LogP contribution in [0.15, 0.2) is 28.7 Å². The van der Waals surface area contributed by atoms with E-state index in [1.54, 1.807) is 0 Å². The van der Waals surface area contributed by atoms with Crippen LogP contribution in [0.3, 0.4) is 0 Å². The average molecular weight is 283 g/mol. The largest absolute Gasteiger partial charge is 0.382 e. The van der Waals surface area contributed by atoms with E-state index in [9.17, 15) is 0 Å². The zero-order valence-corrected chi connectivity index (χ0v) is 11.3. The highest BCUT2D eigenvalue weighted by atomic mass is 79.9. The Hall–Kier alpha value is -0.540. The molecule has 0 unspecified atom stereocenters. The summed E-state index contributed by atoms with van der Waals surface area (Å²) in [5.41, 5.74) is 1.23. The Morgan fingerprint density at radius 1 is 1.25 bits per heavy atom. The van der Waals surface area contributed by atoms with Gasteiger partial charge in [-0.2, -0.15) is 0 Å². The van der Waals surface area contributed by atoms with Gasteiger partial charge in [0.1, 0.15) is 0 Å². The van der Waals surface area contributed by atoms with Crippen molar-refractivity contribution in [1.82, 2.24) is 4.90 Å². The highest BCUT2D eigenvalue weighted by Crippen LogP contribution is 2.18. The van der Waals surface area contributed by atoms with Crippen molar-refractivity contribution in [3.8, 4) is 0 Å². The van der Waals surface area contributed by atoms with Crippen LogP contribution >= 0.6 is 15.9 Å². The van der Waals surface area contributed by atoms with Crippen LogP contribution in [0, 0.1) is 0 Å². The van der Waals surface area contributed by atoms with Gasteiger partial charge in [-0.1, -0.05) is 22.9 Å². The lowest BCUT2D eigenvalue weighted by molar-refractivity contribution is 0.229. The summed E-state index contributed by atoms with van der Waals surface area (Å²) in [5, 5.41) is 3.61. The number of halogens is 1. The molecule has 1 fully saturated rings. The van der Waals surface area contributed by atoms with Crippen molar-refractivity contribution in [3.05, 3.63) is 28.7 Å². The van der Waals surface area contributed by atoms with E-state index < -0.39 is 0 Å². The Labute approximate surface area is 106 Å². The Bertz CT molecular complexity index is 315. The van der Waals surface area contributed by atoms with Gasteiger partial charge in [0.15, 0.2) is 0 Å². The van der Waals surface area contributed by atoms with Gasteiger partial charge in [-0.3, -0.25) is 0 Å². The number of rotatable bonds is 3. The van der Waals surface area contributed by atoms with Gasteiger partial charge in [0, 0.05) is 29.3 Å². The maximum Gasteiger partial charge on any atom is 0.0343 e. The fourth-order valence-electron chi connectivity index (χ4n) is 2.18. The molecule has 2 rings (SSSR count). The van der Waals surface area contributed by atoms with E-state index in [2.05, 4.69) is 57.3 Å². The van der Waals surface area contributed by atoms with Crippen LogP contribution in [0.1, 0.15) is 19.8 Å². The molecule has 1 aliphatic heterocycles. The topological polar surface area (TPSA) is 15.3 Å². The molecule has 1 saturated heterocycles. The average Bonchev–Trinajstić information content (AvgIpc) is 2.33. The summed E-state index contributed by atoms with van der Waals surface area (Å²) in [7, 11) is 0. The molecule has 16 heavy (non-hydrogen) atoms. The van der Waals surface area contributed by atoms with Crippen LogP contribution in [0.2, 0.25) is 0 Å². The normalized spacial score (nSPS) is 18.6. The molecule has 0 saturated carbocycles. The lowest BCUT2D eigenvalue weighted by atomic mass is 10.0. The predicted octanol–water partition coefficient (Wildman–Crippen LogP) is 3.35. The van der Waals surface area contributed by atoms with E-state index in [1.807, 2.05) is 0 Å². The number of hydrogen-bond acceptors (Lipinski definition) is 2. The van der Waals surface area contributed by atoms with Gasteiger partial charge in [0.25, 0.3) is 0 Å². The van der Waals surface area contributed by atoms with E-state index in [4.69, 9.17) is 0 Å². The zero-order chi connectivity index (χ0) is 11.4. The van der Waals surface area contributed by atoms with E-state index in [-0.39, 0.29) is 0 Å². The van der Waals surface area contributed by atoms with Gasteiger partial charge in [-0.05, 0) is 43.7 Å². The van der Waals surface area contributed by atoms with Crippen LogP contribution < -0.4 is 5.32 Å². The van der Waals surface area contributed by atoms with E-state index >= 15 is 0 Å². The molecule has 0 aliphatic carbocycles. The second-order valence-corrected chi connectivity index (χ2v) is 5.28. The molecule has 1 aromatic carbocycles. The molecule has 0 atom stereocenters. The summed E-state index contributed by atoms with van der Waals surface area (Å²) < 4.78 is 1.14.